The highest BCUT2D eigenvalue weighted by Gasteiger charge is 2.72. The van der Waals surface area contributed by atoms with Gasteiger partial charge in [-0.3, -0.25) is 4.90 Å². The zero-order valence-electron chi connectivity index (χ0n) is 18.3. The van der Waals surface area contributed by atoms with Gasteiger partial charge in [-0.1, -0.05) is 13.0 Å². The van der Waals surface area contributed by atoms with Crippen LogP contribution in [0.25, 0.3) is 0 Å². The Bertz CT molecular complexity index is 802. The molecule has 5 rings (SSSR count). The molecule has 2 aliphatic heterocycles. The van der Waals surface area contributed by atoms with Crippen molar-refractivity contribution in [1.82, 2.24) is 10.2 Å². The minimum absolute atomic E-state index is 0.128. The van der Waals surface area contributed by atoms with Crippen molar-refractivity contribution in [1.29, 1.82) is 0 Å². The summed E-state index contributed by atoms with van der Waals surface area (Å²) in [6.07, 6.45) is 6.46. The van der Waals surface area contributed by atoms with Crippen molar-refractivity contribution in [2.45, 2.75) is 81.1 Å². The van der Waals surface area contributed by atoms with Gasteiger partial charge < -0.3 is 25.0 Å². The lowest BCUT2D eigenvalue weighted by Gasteiger charge is -2.64. The number of methoxy groups -OCH3 is 1. The number of unbranched alkanes of at least 4 members (excludes halogenated alkanes) is 1. The first-order chi connectivity index (χ1) is 14.6. The average Bonchev–Trinajstić information content (AvgIpc) is 3.09. The second-order valence-electron chi connectivity index (χ2n) is 9.69. The van der Waals surface area contributed by atoms with Gasteiger partial charge in [0.25, 0.3) is 0 Å². The van der Waals surface area contributed by atoms with E-state index in [0.717, 1.165) is 76.8 Å². The molecule has 4 aliphatic rings. The second-order valence-corrected chi connectivity index (χ2v) is 9.69. The molecule has 6 heteroatoms. The number of hydrogen-bond donors (Lipinski definition) is 3. The van der Waals surface area contributed by atoms with Gasteiger partial charge in [0.1, 0.15) is 6.10 Å². The minimum Gasteiger partial charge on any atom is -0.504 e. The van der Waals surface area contributed by atoms with Crippen LogP contribution in [0.5, 0.6) is 11.5 Å². The van der Waals surface area contributed by atoms with Gasteiger partial charge in [-0.15, -0.1) is 0 Å². The number of piperidine rings is 1. The van der Waals surface area contributed by atoms with Gasteiger partial charge >= 0.3 is 0 Å². The lowest BCUT2D eigenvalue weighted by Crippen LogP contribution is -2.78. The van der Waals surface area contributed by atoms with Gasteiger partial charge in [0, 0.05) is 31.4 Å². The van der Waals surface area contributed by atoms with E-state index in [1.54, 1.807) is 13.2 Å². The van der Waals surface area contributed by atoms with Crippen molar-refractivity contribution in [3.8, 4) is 11.5 Å². The zero-order valence-corrected chi connectivity index (χ0v) is 18.3. The van der Waals surface area contributed by atoms with Crippen LogP contribution < -0.4 is 10.1 Å². The molecular weight excluding hydrogens is 380 g/mol. The van der Waals surface area contributed by atoms with Crippen molar-refractivity contribution < 1.29 is 19.7 Å². The third kappa shape index (κ3) is 2.70. The first kappa shape index (κ1) is 20.6. The molecule has 0 aromatic heterocycles. The lowest BCUT2D eigenvalue weighted by atomic mass is 9.48. The Morgan fingerprint density at radius 2 is 2.17 bits per heavy atom. The molecule has 1 saturated heterocycles. The fourth-order valence-electron chi connectivity index (χ4n) is 7.05. The molecule has 2 aliphatic carbocycles. The number of hydrogen-bond acceptors (Lipinski definition) is 6. The smallest absolute Gasteiger partial charge is 0.165 e. The van der Waals surface area contributed by atoms with Crippen LogP contribution >= 0.6 is 0 Å². The number of benzene rings is 1. The van der Waals surface area contributed by atoms with Crippen LogP contribution in [0, 0.1) is 0 Å². The number of ether oxygens (including phenoxy) is 2. The Morgan fingerprint density at radius 3 is 2.97 bits per heavy atom. The van der Waals surface area contributed by atoms with Crippen LogP contribution in [-0.2, 0) is 16.6 Å². The molecule has 1 aromatic carbocycles. The molecule has 2 fully saturated rings. The van der Waals surface area contributed by atoms with E-state index in [0.29, 0.717) is 5.75 Å². The normalized spacial score (nSPS) is 36.4. The number of aliphatic hydroxyl groups is 1. The number of nitrogens with one attached hydrogen (secondary N) is 1. The van der Waals surface area contributed by atoms with Crippen molar-refractivity contribution in [3.63, 3.8) is 0 Å². The Balaban J connectivity index is 1.51. The van der Waals surface area contributed by atoms with Crippen LogP contribution in [0.2, 0.25) is 0 Å². The summed E-state index contributed by atoms with van der Waals surface area (Å²) in [7, 11) is 1.74. The third-order valence-electron chi connectivity index (χ3n) is 8.27. The first-order valence-electron chi connectivity index (χ1n) is 11.8. The van der Waals surface area contributed by atoms with E-state index in [4.69, 9.17) is 9.47 Å². The van der Waals surface area contributed by atoms with Crippen molar-refractivity contribution in [2.24, 2.45) is 0 Å². The van der Waals surface area contributed by atoms with E-state index in [9.17, 15) is 10.2 Å². The molecule has 3 unspecified atom stereocenters. The summed E-state index contributed by atoms with van der Waals surface area (Å²) >= 11 is 0. The fourth-order valence-corrected chi connectivity index (χ4v) is 7.05. The van der Waals surface area contributed by atoms with Gasteiger partial charge in [-0.25, -0.2) is 0 Å². The summed E-state index contributed by atoms with van der Waals surface area (Å²) in [5.74, 6) is 0.847. The summed E-state index contributed by atoms with van der Waals surface area (Å²) in [5.41, 5.74) is 1.13. The Morgan fingerprint density at radius 1 is 1.30 bits per heavy atom. The van der Waals surface area contributed by atoms with Crippen molar-refractivity contribution in [3.05, 3.63) is 23.3 Å². The maximum Gasteiger partial charge on any atom is 0.165 e. The predicted octanol–water partition coefficient (Wildman–Crippen LogP) is 2.34. The number of likely N-dealkylation sites (tertiary alicyclic amines) is 1. The number of nitrogens with zero attached hydrogens (tertiary/aromatic N) is 1. The predicted molar refractivity (Wildman–Crippen MR) is 115 cm³/mol. The van der Waals surface area contributed by atoms with Crippen LogP contribution in [0.3, 0.4) is 0 Å². The van der Waals surface area contributed by atoms with Crippen LogP contribution in [-0.4, -0.2) is 72.3 Å². The summed E-state index contributed by atoms with van der Waals surface area (Å²) in [5, 5.41) is 26.7. The summed E-state index contributed by atoms with van der Waals surface area (Å²) in [6.45, 7) is 5.93. The van der Waals surface area contributed by atoms with Gasteiger partial charge in [0.15, 0.2) is 11.5 Å². The van der Waals surface area contributed by atoms with Crippen LogP contribution in [0.1, 0.15) is 56.6 Å². The molecule has 30 heavy (non-hydrogen) atoms. The number of rotatable bonds is 8. The molecule has 2 heterocycles. The highest BCUT2D eigenvalue weighted by molar-refractivity contribution is 5.62. The second kappa shape index (κ2) is 7.66. The highest BCUT2D eigenvalue weighted by Crippen LogP contribution is 2.65. The van der Waals surface area contributed by atoms with Gasteiger partial charge in [0.05, 0.1) is 11.0 Å². The van der Waals surface area contributed by atoms with Crippen molar-refractivity contribution >= 4 is 0 Å². The molecule has 1 saturated carbocycles. The van der Waals surface area contributed by atoms with E-state index >= 15 is 0 Å². The monoisotopic (exact) mass is 416 g/mol. The van der Waals surface area contributed by atoms with E-state index in [1.165, 1.54) is 5.56 Å². The molecule has 1 aromatic rings. The largest absolute Gasteiger partial charge is 0.504 e. The minimum atomic E-state index is -0.800. The maximum atomic E-state index is 12.3. The summed E-state index contributed by atoms with van der Waals surface area (Å²) in [6, 6.07) is 4.15. The van der Waals surface area contributed by atoms with Crippen molar-refractivity contribution in [2.75, 3.05) is 33.4 Å². The Labute approximate surface area is 179 Å². The van der Waals surface area contributed by atoms with E-state index in [2.05, 4.69) is 23.2 Å². The molecule has 0 amide bonds. The van der Waals surface area contributed by atoms with Crippen LogP contribution in [0.4, 0.5) is 0 Å². The number of aromatic hydroxyl groups is 1. The molecular formula is C24H36N2O4. The topological polar surface area (TPSA) is 74.2 Å². The fraction of sp³-hybridized carbons (Fsp3) is 0.750. The van der Waals surface area contributed by atoms with Gasteiger partial charge in [-0.2, -0.15) is 0 Å². The summed E-state index contributed by atoms with van der Waals surface area (Å²) < 4.78 is 11.7. The lowest BCUT2D eigenvalue weighted by molar-refractivity contribution is -0.191. The van der Waals surface area contributed by atoms with E-state index < -0.39 is 11.0 Å². The van der Waals surface area contributed by atoms with Gasteiger partial charge in [-0.05, 0) is 76.2 Å². The van der Waals surface area contributed by atoms with E-state index in [1.807, 2.05) is 0 Å². The molecule has 166 valence electrons. The van der Waals surface area contributed by atoms with E-state index in [-0.39, 0.29) is 23.9 Å². The summed E-state index contributed by atoms with van der Waals surface area (Å²) in [4.78, 5) is 2.51. The first-order valence-corrected chi connectivity index (χ1v) is 11.8. The maximum absolute atomic E-state index is 12.3. The zero-order chi connectivity index (χ0) is 20.9. The third-order valence-corrected chi connectivity index (χ3v) is 8.27. The molecule has 0 radical (unpaired) electrons. The van der Waals surface area contributed by atoms with Gasteiger partial charge in [0.2, 0.25) is 0 Å². The van der Waals surface area contributed by atoms with Crippen LogP contribution in [0.15, 0.2) is 12.1 Å². The standard InChI is InChI=1S/C24H36N2O4/c1-3-12-26-13-10-23-20-16-6-7-18(27)21(20)30-22(23)17(25-11-4-5-14-29-2)8-9-24(23,28)19(26)15-16/h6-7,17,19,22,25,27-28H,3-5,8-15H2,1-2H3/t17?,19?,22-,23+,24?/m1/s1. The molecule has 1 spiro atoms. The molecule has 3 N–H and O–H groups in total. The SMILES string of the molecule is CCCN1CC[C@]23c4c5ccc(O)c4O[C@@H]2C(NCCCCOC)CCC3(O)C1C5. The quantitative estimate of drug-likeness (QED) is 0.565. The average molecular weight is 417 g/mol. The Hall–Kier alpha value is -1.34. The molecule has 6 nitrogen and oxygen atoms in total. The number of phenolic OH excluding ortho intramolecular Hbond substituents is 1. The molecule has 2 bridgehead atoms. The Kier molecular flexibility index (Phi) is 5.25. The number of phenols is 1. The highest BCUT2D eigenvalue weighted by atomic mass is 16.5. The molecule has 5 atom stereocenters.